The van der Waals surface area contributed by atoms with Crippen molar-refractivity contribution in [1.29, 1.82) is 0 Å². The van der Waals surface area contributed by atoms with Crippen LogP contribution in [-0.4, -0.2) is 20.6 Å². The molecule has 3 heterocycles. The molecule has 6 nitrogen and oxygen atoms in total. The van der Waals surface area contributed by atoms with E-state index in [-0.39, 0.29) is 23.8 Å². The maximum Gasteiger partial charge on any atom is 0.371 e. The molecule has 0 aliphatic rings. The Hall–Kier alpha value is -3.19. The van der Waals surface area contributed by atoms with Crippen molar-refractivity contribution in [2.45, 2.75) is 33.2 Å². The predicted octanol–water partition coefficient (Wildman–Crippen LogP) is 4.90. The van der Waals surface area contributed by atoms with Gasteiger partial charge >= 0.3 is 5.97 Å². The van der Waals surface area contributed by atoms with Crippen molar-refractivity contribution >= 4 is 27.5 Å². The first-order chi connectivity index (χ1) is 13.9. The van der Waals surface area contributed by atoms with E-state index in [4.69, 9.17) is 14.5 Å². The molecule has 0 saturated carbocycles. The fourth-order valence-electron chi connectivity index (χ4n) is 3.49. The third kappa shape index (κ3) is 3.38. The van der Waals surface area contributed by atoms with Gasteiger partial charge in [0.1, 0.15) is 16.4 Å². The van der Waals surface area contributed by atoms with Gasteiger partial charge in [-0.25, -0.2) is 9.78 Å². The molecule has 4 aromatic rings. The highest BCUT2D eigenvalue weighted by molar-refractivity contribution is 7.19. The van der Waals surface area contributed by atoms with Gasteiger partial charge in [0, 0.05) is 16.4 Å². The molecule has 4 rings (SSSR count). The van der Waals surface area contributed by atoms with Crippen LogP contribution in [0, 0.1) is 6.92 Å². The number of fused-ring (bicyclic) bond motifs is 1. The maximum atomic E-state index is 13.6. The first-order valence-electron chi connectivity index (χ1n) is 9.28. The summed E-state index contributed by atoms with van der Waals surface area (Å²) in [5, 5.41) is 9.69. The summed E-state index contributed by atoms with van der Waals surface area (Å²) in [5.74, 6) is -0.216. The van der Waals surface area contributed by atoms with Gasteiger partial charge in [0.15, 0.2) is 0 Å². The molecule has 0 amide bonds. The normalized spacial score (nSPS) is 11.4. The topological polar surface area (TPSA) is 85.3 Å². The van der Waals surface area contributed by atoms with Gasteiger partial charge in [-0.2, -0.15) is 0 Å². The Balaban J connectivity index is 1.95. The van der Waals surface area contributed by atoms with E-state index in [1.807, 2.05) is 51.1 Å². The van der Waals surface area contributed by atoms with E-state index in [2.05, 4.69) is 0 Å². The molecule has 0 aliphatic carbocycles. The Labute approximate surface area is 171 Å². The summed E-state index contributed by atoms with van der Waals surface area (Å²) in [5.41, 5.74) is 1.73. The van der Waals surface area contributed by atoms with E-state index in [0.717, 1.165) is 20.8 Å². The minimum atomic E-state index is -1.14. The molecule has 0 radical (unpaired) electrons. The van der Waals surface area contributed by atoms with Crippen LogP contribution < -0.4 is 5.56 Å². The van der Waals surface area contributed by atoms with Gasteiger partial charge in [0.2, 0.25) is 5.76 Å². The smallest absolute Gasteiger partial charge is 0.371 e. The number of carboxylic acid groups (broad SMARTS) is 1. The lowest BCUT2D eigenvalue weighted by atomic mass is 10.0. The number of benzene rings is 1. The van der Waals surface area contributed by atoms with Crippen LogP contribution in [0.15, 0.2) is 51.7 Å². The lowest BCUT2D eigenvalue weighted by Crippen LogP contribution is -2.26. The minimum absolute atomic E-state index is 0.0172. The van der Waals surface area contributed by atoms with E-state index in [9.17, 15) is 9.59 Å². The lowest BCUT2D eigenvalue weighted by molar-refractivity contribution is 0.0660. The SMILES string of the molecule is Cc1sc2nc(C(C)C)n(Cc3ccc(C(=O)O)o3)c(=O)c2c1-c1ccccc1. The number of hydrogen-bond acceptors (Lipinski definition) is 5. The van der Waals surface area contributed by atoms with Crippen LogP contribution in [0.5, 0.6) is 0 Å². The number of aromatic carboxylic acids is 1. The van der Waals surface area contributed by atoms with Crippen LogP contribution in [0.25, 0.3) is 21.3 Å². The Morgan fingerprint density at radius 3 is 2.55 bits per heavy atom. The Morgan fingerprint density at radius 2 is 1.93 bits per heavy atom. The second-order valence-electron chi connectivity index (χ2n) is 7.17. The monoisotopic (exact) mass is 408 g/mol. The number of thiophene rings is 1. The molecule has 7 heteroatoms. The van der Waals surface area contributed by atoms with E-state index < -0.39 is 5.97 Å². The number of carbonyl (C=O) groups is 1. The molecule has 0 aliphatic heterocycles. The van der Waals surface area contributed by atoms with Gasteiger partial charge in [-0.15, -0.1) is 11.3 Å². The molecule has 0 spiro atoms. The van der Waals surface area contributed by atoms with Crippen LogP contribution >= 0.6 is 11.3 Å². The molecule has 3 aromatic heterocycles. The van der Waals surface area contributed by atoms with Crippen LogP contribution in [-0.2, 0) is 6.54 Å². The molecule has 1 aromatic carbocycles. The zero-order valence-corrected chi connectivity index (χ0v) is 17.1. The summed E-state index contributed by atoms with van der Waals surface area (Å²) in [7, 11) is 0. The number of carboxylic acids is 1. The third-order valence-electron chi connectivity index (χ3n) is 4.78. The van der Waals surface area contributed by atoms with Crippen molar-refractivity contribution in [1.82, 2.24) is 9.55 Å². The molecule has 0 saturated heterocycles. The minimum Gasteiger partial charge on any atom is -0.475 e. The Bertz CT molecular complexity index is 1270. The fourth-order valence-corrected chi connectivity index (χ4v) is 4.53. The number of furan rings is 1. The van der Waals surface area contributed by atoms with Gasteiger partial charge in [-0.05, 0) is 24.6 Å². The van der Waals surface area contributed by atoms with Gasteiger partial charge in [-0.1, -0.05) is 44.2 Å². The van der Waals surface area contributed by atoms with E-state index in [1.54, 1.807) is 10.6 Å². The van der Waals surface area contributed by atoms with Gasteiger partial charge in [0.05, 0.1) is 11.9 Å². The number of rotatable bonds is 5. The second kappa shape index (κ2) is 7.33. The zero-order valence-electron chi connectivity index (χ0n) is 16.3. The summed E-state index contributed by atoms with van der Waals surface area (Å²) in [6.07, 6.45) is 0. The summed E-state index contributed by atoms with van der Waals surface area (Å²) in [6, 6.07) is 12.8. The standard InChI is InChI=1S/C22H20N2O4S/c1-12(2)19-23-20-18(17(13(3)29-20)14-7-5-4-6-8-14)21(25)24(19)11-15-9-10-16(28-15)22(26)27/h4-10,12H,11H2,1-3H3,(H,26,27). The number of aromatic nitrogens is 2. The largest absolute Gasteiger partial charge is 0.475 e. The van der Waals surface area contributed by atoms with Crippen molar-refractivity contribution in [3.05, 3.63) is 75.0 Å². The van der Waals surface area contributed by atoms with Crippen molar-refractivity contribution in [2.75, 3.05) is 0 Å². The summed E-state index contributed by atoms with van der Waals surface area (Å²) >= 11 is 1.52. The highest BCUT2D eigenvalue weighted by Crippen LogP contribution is 2.36. The van der Waals surface area contributed by atoms with Crippen LogP contribution in [0.2, 0.25) is 0 Å². The number of aryl methyl sites for hydroxylation is 1. The second-order valence-corrected chi connectivity index (χ2v) is 8.37. The van der Waals surface area contributed by atoms with Gasteiger partial charge < -0.3 is 9.52 Å². The summed E-state index contributed by atoms with van der Waals surface area (Å²) < 4.78 is 6.98. The van der Waals surface area contributed by atoms with Crippen LogP contribution in [0.4, 0.5) is 0 Å². The molecule has 29 heavy (non-hydrogen) atoms. The number of nitrogens with zero attached hydrogens (tertiary/aromatic N) is 2. The van der Waals surface area contributed by atoms with Gasteiger partial charge in [-0.3, -0.25) is 9.36 Å². The molecule has 0 atom stereocenters. The molecule has 0 fully saturated rings. The summed E-state index contributed by atoms with van der Waals surface area (Å²) in [6.45, 7) is 6.09. The quantitative estimate of drug-likeness (QED) is 0.508. The Kier molecular flexibility index (Phi) is 4.84. The first kappa shape index (κ1) is 19.1. The predicted molar refractivity (Wildman–Crippen MR) is 113 cm³/mol. The van der Waals surface area contributed by atoms with E-state index >= 15 is 0 Å². The van der Waals surface area contributed by atoms with E-state index in [1.165, 1.54) is 17.4 Å². The van der Waals surface area contributed by atoms with Crippen molar-refractivity contribution in [3.8, 4) is 11.1 Å². The van der Waals surface area contributed by atoms with Crippen molar-refractivity contribution in [2.24, 2.45) is 0 Å². The fraction of sp³-hybridized carbons (Fsp3) is 0.227. The molecule has 0 unspecified atom stereocenters. The van der Waals surface area contributed by atoms with Crippen molar-refractivity contribution in [3.63, 3.8) is 0 Å². The van der Waals surface area contributed by atoms with Crippen LogP contribution in [0.1, 0.15) is 46.8 Å². The molecule has 1 N–H and O–H groups in total. The van der Waals surface area contributed by atoms with Gasteiger partial charge in [0.25, 0.3) is 5.56 Å². The maximum absolute atomic E-state index is 13.6. The zero-order chi connectivity index (χ0) is 20.7. The highest BCUT2D eigenvalue weighted by Gasteiger charge is 2.22. The molecule has 0 bridgehead atoms. The number of hydrogen-bond donors (Lipinski definition) is 1. The Morgan fingerprint density at radius 1 is 1.21 bits per heavy atom. The third-order valence-corrected chi connectivity index (χ3v) is 5.78. The van der Waals surface area contributed by atoms with Crippen LogP contribution in [0.3, 0.4) is 0 Å². The average molecular weight is 408 g/mol. The highest BCUT2D eigenvalue weighted by atomic mass is 32.1. The van der Waals surface area contributed by atoms with Crippen molar-refractivity contribution < 1.29 is 14.3 Å². The van der Waals surface area contributed by atoms with E-state index in [0.29, 0.717) is 17.0 Å². The molecule has 148 valence electrons. The first-order valence-corrected chi connectivity index (χ1v) is 10.1. The molecular weight excluding hydrogens is 388 g/mol. The lowest BCUT2D eigenvalue weighted by Gasteiger charge is -2.14. The summed E-state index contributed by atoms with van der Waals surface area (Å²) in [4.78, 5) is 31.3. The average Bonchev–Trinajstić information content (AvgIpc) is 3.28. The molecular formula is C22H20N2O4S.